The molecule has 0 bridgehead atoms. The molecule has 0 aliphatic rings. The molecule has 0 unspecified atom stereocenters. The van der Waals surface area contributed by atoms with E-state index in [2.05, 4.69) is 10.3 Å². The Labute approximate surface area is 121 Å². The zero-order valence-electron chi connectivity index (χ0n) is 11.4. The normalized spacial score (nSPS) is 10.5. The van der Waals surface area contributed by atoms with Crippen LogP contribution in [0.3, 0.4) is 0 Å². The molecule has 0 spiro atoms. The molecule has 0 aliphatic carbocycles. The minimum Gasteiger partial charge on any atom is -0.478 e. The summed E-state index contributed by atoms with van der Waals surface area (Å²) in [6.45, 7) is 1.92. The fourth-order valence-corrected chi connectivity index (χ4v) is 2.24. The number of carboxylic acid groups (broad SMARTS) is 1. The predicted molar refractivity (Wildman–Crippen MR) is 78.5 cm³/mol. The Balaban J connectivity index is 2.21. The molecule has 0 radical (unpaired) electrons. The highest BCUT2D eigenvalue weighted by molar-refractivity contribution is 5.95. The molecule has 1 N–H and O–H groups in total. The van der Waals surface area contributed by atoms with Gasteiger partial charge < -0.3 is 5.11 Å². The Hall–Kier alpha value is -2.95. The van der Waals surface area contributed by atoms with E-state index >= 15 is 0 Å². The summed E-state index contributed by atoms with van der Waals surface area (Å²) >= 11 is 0. The lowest BCUT2D eigenvalue weighted by Crippen LogP contribution is -2.04. The van der Waals surface area contributed by atoms with Gasteiger partial charge in [0.05, 0.1) is 23.1 Å². The molecule has 0 aliphatic heterocycles. The van der Waals surface area contributed by atoms with E-state index in [1.165, 1.54) is 0 Å². The molecule has 1 aromatic heterocycles. The molecule has 104 valence electrons. The van der Waals surface area contributed by atoms with Gasteiger partial charge in [0.1, 0.15) is 0 Å². The van der Waals surface area contributed by atoms with Crippen molar-refractivity contribution in [3.8, 4) is 16.9 Å². The van der Waals surface area contributed by atoms with Crippen LogP contribution in [0.25, 0.3) is 16.9 Å². The average molecular weight is 279 g/mol. The van der Waals surface area contributed by atoms with E-state index in [1.807, 2.05) is 43.3 Å². The van der Waals surface area contributed by atoms with Crippen LogP contribution in [0.15, 0.2) is 54.7 Å². The highest BCUT2D eigenvalue weighted by atomic mass is 16.4. The highest BCUT2D eigenvalue weighted by Gasteiger charge is 2.16. The monoisotopic (exact) mass is 279 g/mol. The third kappa shape index (κ3) is 2.41. The van der Waals surface area contributed by atoms with E-state index in [0.717, 1.165) is 11.3 Å². The quantitative estimate of drug-likeness (QED) is 0.800. The molecule has 0 amide bonds. The Morgan fingerprint density at radius 3 is 2.62 bits per heavy atom. The summed E-state index contributed by atoms with van der Waals surface area (Å²) in [6.07, 6.45) is 1.58. The van der Waals surface area contributed by atoms with Crippen LogP contribution < -0.4 is 0 Å². The molecule has 0 saturated carbocycles. The molecule has 3 rings (SSSR count). The minimum absolute atomic E-state index is 0.236. The third-order valence-corrected chi connectivity index (χ3v) is 3.23. The smallest absolute Gasteiger partial charge is 0.336 e. The first-order valence-electron chi connectivity index (χ1n) is 6.47. The fraction of sp³-hybridized carbons (Fsp3) is 0.0625. The van der Waals surface area contributed by atoms with Crippen molar-refractivity contribution >= 4 is 5.97 Å². The Morgan fingerprint density at radius 1 is 1.14 bits per heavy atom. The van der Waals surface area contributed by atoms with Gasteiger partial charge in [0, 0.05) is 5.56 Å². The largest absolute Gasteiger partial charge is 0.478 e. The maximum atomic E-state index is 11.4. The second-order valence-corrected chi connectivity index (χ2v) is 4.72. The number of nitrogens with zero attached hydrogens (tertiary/aromatic N) is 3. The number of hydrogen-bond donors (Lipinski definition) is 1. The van der Waals surface area contributed by atoms with Gasteiger partial charge in [-0.1, -0.05) is 35.0 Å². The Bertz CT molecular complexity index is 794. The van der Waals surface area contributed by atoms with Gasteiger partial charge in [0.25, 0.3) is 0 Å². The SMILES string of the molecule is Cc1ccc(C(=O)O)c(-c2cnnn2-c2ccccc2)c1. The molecule has 2 aromatic carbocycles. The summed E-state index contributed by atoms with van der Waals surface area (Å²) < 4.78 is 1.64. The van der Waals surface area contributed by atoms with Gasteiger partial charge in [0.2, 0.25) is 0 Å². The van der Waals surface area contributed by atoms with E-state index < -0.39 is 5.97 Å². The van der Waals surface area contributed by atoms with Crippen LogP contribution in [0, 0.1) is 6.92 Å². The van der Waals surface area contributed by atoms with Crippen molar-refractivity contribution in [2.45, 2.75) is 6.92 Å². The number of aromatic nitrogens is 3. The topological polar surface area (TPSA) is 68.0 Å². The Morgan fingerprint density at radius 2 is 1.90 bits per heavy atom. The van der Waals surface area contributed by atoms with Gasteiger partial charge in [-0.05, 0) is 31.2 Å². The van der Waals surface area contributed by atoms with Crippen LogP contribution in [0.1, 0.15) is 15.9 Å². The number of rotatable bonds is 3. The number of aryl methyl sites for hydroxylation is 1. The van der Waals surface area contributed by atoms with Gasteiger partial charge in [-0.3, -0.25) is 0 Å². The molecule has 3 aromatic rings. The number of aromatic carboxylic acids is 1. The fourth-order valence-electron chi connectivity index (χ4n) is 2.24. The van der Waals surface area contributed by atoms with E-state index in [4.69, 9.17) is 0 Å². The van der Waals surface area contributed by atoms with E-state index in [1.54, 1.807) is 23.0 Å². The van der Waals surface area contributed by atoms with E-state index in [-0.39, 0.29) is 5.56 Å². The Kier molecular flexibility index (Phi) is 3.23. The highest BCUT2D eigenvalue weighted by Crippen LogP contribution is 2.26. The standard InChI is InChI=1S/C16H13N3O2/c1-11-7-8-13(16(20)21)14(9-11)15-10-17-18-19(15)12-5-3-2-4-6-12/h2-10H,1H3,(H,20,21). The molecular weight excluding hydrogens is 266 g/mol. The second-order valence-electron chi connectivity index (χ2n) is 4.72. The molecule has 0 atom stereocenters. The average Bonchev–Trinajstić information content (AvgIpc) is 2.97. The van der Waals surface area contributed by atoms with Gasteiger partial charge >= 0.3 is 5.97 Å². The lowest BCUT2D eigenvalue weighted by Gasteiger charge is -2.09. The van der Waals surface area contributed by atoms with Gasteiger partial charge in [-0.15, -0.1) is 5.10 Å². The van der Waals surface area contributed by atoms with Crippen LogP contribution >= 0.6 is 0 Å². The van der Waals surface area contributed by atoms with Crippen molar-refractivity contribution in [2.24, 2.45) is 0 Å². The van der Waals surface area contributed by atoms with Crippen molar-refractivity contribution in [3.05, 3.63) is 65.9 Å². The predicted octanol–water partition coefficient (Wildman–Crippen LogP) is 2.94. The number of para-hydroxylation sites is 1. The van der Waals surface area contributed by atoms with Crippen LogP contribution in [0.2, 0.25) is 0 Å². The zero-order chi connectivity index (χ0) is 14.8. The number of carbonyl (C=O) groups is 1. The zero-order valence-corrected chi connectivity index (χ0v) is 11.4. The van der Waals surface area contributed by atoms with Crippen molar-refractivity contribution < 1.29 is 9.90 Å². The summed E-state index contributed by atoms with van der Waals surface area (Å²) in [5.74, 6) is -0.967. The van der Waals surface area contributed by atoms with Crippen molar-refractivity contribution in [1.82, 2.24) is 15.0 Å². The molecule has 21 heavy (non-hydrogen) atoms. The minimum atomic E-state index is -0.967. The molecule has 1 heterocycles. The molecular formula is C16H13N3O2. The first kappa shape index (κ1) is 13.1. The lowest BCUT2D eigenvalue weighted by molar-refractivity contribution is 0.0697. The van der Waals surface area contributed by atoms with Crippen LogP contribution in [0.4, 0.5) is 0 Å². The first-order valence-corrected chi connectivity index (χ1v) is 6.47. The molecule has 0 fully saturated rings. The van der Waals surface area contributed by atoms with Gasteiger partial charge in [-0.25, -0.2) is 9.48 Å². The third-order valence-electron chi connectivity index (χ3n) is 3.23. The molecule has 5 nitrogen and oxygen atoms in total. The van der Waals surface area contributed by atoms with E-state index in [9.17, 15) is 9.90 Å². The molecule has 5 heteroatoms. The number of carboxylic acids is 1. The molecule has 0 saturated heterocycles. The first-order chi connectivity index (χ1) is 10.2. The van der Waals surface area contributed by atoms with Gasteiger partial charge in [0.15, 0.2) is 0 Å². The van der Waals surface area contributed by atoms with Crippen molar-refractivity contribution in [3.63, 3.8) is 0 Å². The van der Waals surface area contributed by atoms with Crippen LogP contribution in [-0.2, 0) is 0 Å². The maximum absolute atomic E-state index is 11.4. The summed E-state index contributed by atoms with van der Waals surface area (Å²) in [5, 5.41) is 17.4. The van der Waals surface area contributed by atoms with Crippen LogP contribution in [0.5, 0.6) is 0 Å². The van der Waals surface area contributed by atoms with Crippen LogP contribution in [-0.4, -0.2) is 26.1 Å². The van der Waals surface area contributed by atoms with Crippen molar-refractivity contribution in [1.29, 1.82) is 0 Å². The maximum Gasteiger partial charge on any atom is 0.336 e. The van der Waals surface area contributed by atoms with Gasteiger partial charge in [-0.2, -0.15) is 0 Å². The number of hydrogen-bond acceptors (Lipinski definition) is 3. The summed E-state index contributed by atoms with van der Waals surface area (Å²) in [5.41, 5.74) is 3.32. The summed E-state index contributed by atoms with van der Waals surface area (Å²) in [4.78, 5) is 11.4. The van der Waals surface area contributed by atoms with Crippen molar-refractivity contribution in [2.75, 3.05) is 0 Å². The lowest BCUT2D eigenvalue weighted by atomic mass is 10.0. The van der Waals surface area contributed by atoms with E-state index in [0.29, 0.717) is 11.3 Å². The summed E-state index contributed by atoms with van der Waals surface area (Å²) in [6, 6.07) is 14.7. The second kappa shape index (κ2) is 5.20. The summed E-state index contributed by atoms with van der Waals surface area (Å²) in [7, 11) is 0. The number of benzene rings is 2.